The molecule has 0 aromatic heterocycles. The summed E-state index contributed by atoms with van der Waals surface area (Å²) in [5.74, 6) is 0.122. The van der Waals surface area contributed by atoms with Gasteiger partial charge < -0.3 is 4.90 Å². The molecule has 1 atom stereocenters. The average molecular weight is 182 g/mol. The molecule has 0 aliphatic carbocycles. The zero-order valence-corrected chi connectivity index (χ0v) is 8.49. The summed E-state index contributed by atoms with van der Waals surface area (Å²) < 4.78 is 0. The van der Waals surface area contributed by atoms with Crippen LogP contribution in [0.2, 0.25) is 0 Å². The highest BCUT2D eigenvalue weighted by Gasteiger charge is 2.20. The Morgan fingerprint density at radius 1 is 1.62 bits per heavy atom. The van der Waals surface area contributed by atoms with Crippen LogP contribution < -0.4 is 0 Å². The summed E-state index contributed by atoms with van der Waals surface area (Å²) in [4.78, 5) is 15.6. The molecule has 0 saturated carbocycles. The lowest BCUT2D eigenvalue weighted by atomic mass is 10.2. The van der Waals surface area contributed by atoms with Gasteiger partial charge in [-0.1, -0.05) is 6.58 Å². The molecule has 74 valence electrons. The monoisotopic (exact) mass is 182 g/mol. The molecule has 0 radical (unpaired) electrons. The van der Waals surface area contributed by atoms with Crippen molar-refractivity contribution >= 4 is 5.78 Å². The molecule has 1 heterocycles. The van der Waals surface area contributed by atoms with Crippen molar-refractivity contribution in [2.45, 2.75) is 13.0 Å². The topological polar surface area (TPSA) is 23.6 Å². The number of rotatable bonds is 3. The van der Waals surface area contributed by atoms with Crippen LogP contribution in [0.3, 0.4) is 0 Å². The molecule has 0 aromatic rings. The van der Waals surface area contributed by atoms with Gasteiger partial charge in [-0.2, -0.15) is 0 Å². The van der Waals surface area contributed by atoms with E-state index in [0.717, 1.165) is 19.6 Å². The molecule has 1 unspecified atom stereocenters. The van der Waals surface area contributed by atoms with Crippen molar-refractivity contribution in [3.05, 3.63) is 12.7 Å². The van der Waals surface area contributed by atoms with E-state index in [1.165, 1.54) is 6.08 Å². The molecule has 3 heteroatoms. The maximum Gasteiger partial charge on any atom is 0.169 e. The normalized spacial score (nSPS) is 25.8. The number of hydrogen-bond donors (Lipinski definition) is 0. The molecule has 3 nitrogen and oxygen atoms in total. The van der Waals surface area contributed by atoms with Gasteiger partial charge in [0, 0.05) is 25.7 Å². The maximum atomic E-state index is 11.1. The van der Waals surface area contributed by atoms with Crippen molar-refractivity contribution in [2.24, 2.45) is 0 Å². The van der Waals surface area contributed by atoms with Crippen molar-refractivity contribution in [1.82, 2.24) is 9.80 Å². The van der Waals surface area contributed by atoms with Gasteiger partial charge in [0.2, 0.25) is 0 Å². The maximum absolute atomic E-state index is 11.1. The summed E-state index contributed by atoms with van der Waals surface area (Å²) >= 11 is 0. The summed E-state index contributed by atoms with van der Waals surface area (Å²) in [5.41, 5.74) is 0. The van der Waals surface area contributed by atoms with E-state index in [9.17, 15) is 4.79 Å². The second kappa shape index (κ2) is 4.53. The van der Waals surface area contributed by atoms with Crippen LogP contribution in [0.25, 0.3) is 0 Å². The molecular weight excluding hydrogens is 164 g/mol. The van der Waals surface area contributed by atoms with Crippen LogP contribution >= 0.6 is 0 Å². The van der Waals surface area contributed by atoms with E-state index in [4.69, 9.17) is 0 Å². The van der Waals surface area contributed by atoms with Gasteiger partial charge in [0.1, 0.15) is 0 Å². The molecule has 1 saturated heterocycles. The second-order valence-corrected chi connectivity index (χ2v) is 3.74. The number of carbonyl (C=O) groups is 1. The van der Waals surface area contributed by atoms with Crippen LogP contribution in [0.15, 0.2) is 12.7 Å². The van der Waals surface area contributed by atoms with E-state index < -0.39 is 0 Å². The fourth-order valence-corrected chi connectivity index (χ4v) is 1.55. The van der Waals surface area contributed by atoms with E-state index in [2.05, 4.69) is 30.4 Å². The predicted octanol–water partition coefficient (Wildman–Crippen LogP) is 0.377. The van der Waals surface area contributed by atoms with Crippen LogP contribution in [-0.2, 0) is 4.79 Å². The van der Waals surface area contributed by atoms with Crippen LogP contribution in [0.5, 0.6) is 0 Å². The van der Waals surface area contributed by atoms with Crippen molar-refractivity contribution < 1.29 is 4.79 Å². The van der Waals surface area contributed by atoms with Crippen LogP contribution in [-0.4, -0.2) is 54.9 Å². The SMILES string of the molecule is C=CC(=O)CN1CCN(C)C(C)C1. The first-order valence-electron chi connectivity index (χ1n) is 4.71. The molecule has 0 spiro atoms. The first-order valence-corrected chi connectivity index (χ1v) is 4.71. The quantitative estimate of drug-likeness (QED) is 0.589. The Hall–Kier alpha value is -0.670. The Kier molecular flexibility index (Phi) is 3.63. The summed E-state index contributed by atoms with van der Waals surface area (Å²) in [7, 11) is 2.12. The lowest BCUT2D eigenvalue weighted by Gasteiger charge is -2.37. The van der Waals surface area contributed by atoms with Gasteiger partial charge in [-0.25, -0.2) is 0 Å². The number of hydrogen-bond acceptors (Lipinski definition) is 3. The van der Waals surface area contributed by atoms with E-state index in [1.807, 2.05) is 0 Å². The Labute approximate surface area is 80.0 Å². The zero-order chi connectivity index (χ0) is 9.84. The highest BCUT2D eigenvalue weighted by Crippen LogP contribution is 2.06. The Balaban J connectivity index is 2.37. The number of piperazine rings is 1. The third-order valence-corrected chi connectivity index (χ3v) is 2.65. The van der Waals surface area contributed by atoms with Crippen molar-refractivity contribution in [1.29, 1.82) is 0 Å². The fourth-order valence-electron chi connectivity index (χ4n) is 1.55. The summed E-state index contributed by atoms with van der Waals surface area (Å²) in [5, 5.41) is 0. The first kappa shape index (κ1) is 10.4. The lowest BCUT2D eigenvalue weighted by Crippen LogP contribution is -2.51. The Morgan fingerprint density at radius 2 is 2.31 bits per heavy atom. The molecule has 0 bridgehead atoms. The standard InChI is InChI=1S/C10H18N2O/c1-4-10(13)8-12-6-5-11(3)9(2)7-12/h4,9H,1,5-8H2,2-3H3. The van der Waals surface area contributed by atoms with Crippen LogP contribution in [0.4, 0.5) is 0 Å². The molecule has 1 rings (SSSR count). The van der Waals surface area contributed by atoms with Gasteiger partial charge >= 0.3 is 0 Å². The van der Waals surface area contributed by atoms with Crippen molar-refractivity contribution in [2.75, 3.05) is 33.2 Å². The van der Waals surface area contributed by atoms with Gasteiger partial charge in [-0.15, -0.1) is 0 Å². The third-order valence-electron chi connectivity index (χ3n) is 2.65. The minimum atomic E-state index is 0.122. The zero-order valence-electron chi connectivity index (χ0n) is 8.49. The van der Waals surface area contributed by atoms with Gasteiger partial charge in [-0.3, -0.25) is 9.69 Å². The molecular formula is C10H18N2O. The predicted molar refractivity (Wildman–Crippen MR) is 53.7 cm³/mol. The van der Waals surface area contributed by atoms with Gasteiger partial charge in [-0.05, 0) is 20.0 Å². The van der Waals surface area contributed by atoms with E-state index >= 15 is 0 Å². The molecule has 13 heavy (non-hydrogen) atoms. The molecule has 1 aliphatic heterocycles. The molecule has 0 N–H and O–H groups in total. The van der Waals surface area contributed by atoms with E-state index in [-0.39, 0.29) is 5.78 Å². The van der Waals surface area contributed by atoms with Gasteiger partial charge in [0.15, 0.2) is 5.78 Å². The smallest absolute Gasteiger partial charge is 0.169 e. The molecule has 1 fully saturated rings. The second-order valence-electron chi connectivity index (χ2n) is 3.74. The average Bonchev–Trinajstić information content (AvgIpc) is 2.11. The van der Waals surface area contributed by atoms with E-state index in [0.29, 0.717) is 12.6 Å². The Morgan fingerprint density at radius 3 is 2.85 bits per heavy atom. The number of nitrogens with zero attached hydrogens (tertiary/aromatic N) is 2. The fraction of sp³-hybridized carbons (Fsp3) is 0.700. The van der Waals surface area contributed by atoms with Crippen molar-refractivity contribution in [3.63, 3.8) is 0 Å². The number of ketones is 1. The third kappa shape index (κ3) is 2.94. The highest BCUT2D eigenvalue weighted by atomic mass is 16.1. The summed E-state index contributed by atoms with van der Waals surface area (Å²) in [6.07, 6.45) is 1.41. The van der Waals surface area contributed by atoms with Crippen LogP contribution in [0.1, 0.15) is 6.92 Å². The van der Waals surface area contributed by atoms with Gasteiger partial charge in [0.05, 0.1) is 6.54 Å². The van der Waals surface area contributed by atoms with E-state index in [1.54, 1.807) is 0 Å². The summed E-state index contributed by atoms with van der Waals surface area (Å²) in [6, 6.07) is 0.548. The minimum absolute atomic E-state index is 0.122. The first-order chi connectivity index (χ1) is 6.13. The highest BCUT2D eigenvalue weighted by molar-refractivity contribution is 5.90. The van der Waals surface area contributed by atoms with Crippen LogP contribution in [0, 0.1) is 0 Å². The molecule has 1 aliphatic rings. The Bertz CT molecular complexity index is 203. The number of likely N-dealkylation sites (N-methyl/N-ethyl adjacent to an activating group) is 1. The number of carbonyl (C=O) groups excluding carboxylic acids is 1. The van der Waals surface area contributed by atoms with Gasteiger partial charge in [0.25, 0.3) is 0 Å². The summed E-state index contributed by atoms with van der Waals surface area (Å²) in [6.45, 7) is 9.20. The largest absolute Gasteiger partial charge is 0.301 e. The lowest BCUT2D eigenvalue weighted by molar-refractivity contribution is -0.116. The minimum Gasteiger partial charge on any atom is -0.301 e. The van der Waals surface area contributed by atoms with Crippen molar-refractivity contribution in [3.8, 4) is 0 Å². The molecule has 0 amide bonds. The molecule has 0 aromatic carbocycles.